The molecule has 0 saturated heterocycles. The minimum absolute atomic E-state index is 0.00904. The summed E-state index contributed by atoms with van der Waals surface area (Å²) in [5, 5.41) is 0. The molecule has 2 nitrogen and oxygen atoms in total. The average molecular weight is 681 g/mol. The van der Waals surface area contributed by atoms with Gasteiger partial charge in [0.2, 0.25) is 0 Å². The molecule has 0 spiro atoms. The van der Waals surface area contributed by atoms with Gasteiger partial charge in [0.25, 0.3) is 0 Å². The van der Waals surface area contributed by atoms with Crippen molar-refractivity contribution in [3.05, 3.63) is 0 Å². The first kappa shape index (κ1) is 38.5. The Morgan fingerprint density at radius 1 is 0.636 bits per heavy atom. The molecule has 2 fully saturated rings. The Morgan fingerprint density at radius 2 is 1.05 bits per heavy atom. The van der Waals surface area contributed by atoms with Crippen molar-refractivity contribution in [3.8, 4) is 0 Å². The molecule has 0 aromatic rings. The van der Waals surface area contributed by atoms with Crippen LogP contribution in [-0.2, 0) is 9.53 Å². The molecule has 0 bridgehead atoms. The molecule has 0 unspecified atom stereocenters. The Labute approximate surface area is 242 Å². The lowest BCUT2D eigenvalue weighted by atomic mass is 9.68. The second-order valence-corrected chi connectivity index (χ2v) is 11.6. The lowest BCUT2D eigenvalue weighted by Crippen LogP contribution is -2.74. The molecule has 2 aliphatic rings. The van der Waals surface area contributed by atoms with Gasteiger partial charge >= 0.3 is 53.9 Å². The van der Waals surface area contributed by atoms with Crippen molar-refractivity contribution in [2.75, 3.05) is 6.61 Å². The van der Waals surface area contributed by atoms with Crippen LogP contribution < -0.4 is 0 Å². The summed E-state index contributed by atoms with van der Waals surface area (Å²) in [6, 6.07) is 0. The van der Waals surface area contributed by atoms with Crippen molar-refractivity contribution in [1.82, 2.24) is 0 Å². The summed E-state index contributed by atoms with van der Waals surface area (Å²) in [6.07, 6.45) is 2.08. The predicted octanol–water partition coefficient (Wildman–Crippen LogP) is 10.0. The third-order valence-electron chi connectivity index (χ3n) is 8.75. The van der Waals surface area contributed by atoms with Crippen molar-refractivity contribution in [2.45, 2.75) is 125 Å². The number of carbonyl (C=O) groups is 1. The first-order valence-electron chi connectivity index (χ1n) is 13.9. The number of hydrogen-bond acceptors (Lipinski definition) is 2. The Morgan fingerprint density at radius 3 is 1.48 bits per heavy atom. The number of carbonyl (C=O) groups excluding carboxylic acids is 1. The van der Waals surface area contributed by atoms with Crippen LogP contribution >= 0.6 is 0 Å². The number of rotatable bonds is 14. The van der Waals surface area contributed by atoms with Crippen LogP contribution in [0.4, 0.5) is 70.2 Å². The average Bonchev–Trinajstić information content (AvgIpc) is 2.94. The number of ether oxygens (including phenoxy) is 1. The third-order valence-corrected chi connectivity index (χ3v) is 8.75. The number of hydrogen-bond donors (Lipinski definition) is 0. The summed E-state index contributed by atoms with van der Waals surface area (Å²) in [5.74, 6) is -56.9. The Kier molecular flexibility index (Phi) is 11.6. The normalized spacial score (nSPS) is 25.3. The van der Waals surface area contributed by atoms with Crippen molar-refractivity contribution >= 4 is 5.97 Å². The molecule has 2 aliphatic carbocycles. The summed E-state index contributed by atoms with van der Waals surface area (Å²) in [4.78, 5) is 12.2. The highest BCUT2D eigenvalue weighted by molar-refractivity contribution is 5.72. The molecule has 0 N–H and O–H groups in total. The van der Waals surface area contributed by atoms with E-state index in [1.807, 2.05) is 0 Å². The predicted molar refractivity (Wildman–Crippen MR) is 122 cm³/mol. The van der Waals surface area contributed by atoms with E-state index in [4.69, 9.17) is 0 Å². The van der Waals surface area contributed by atoms with Crippen LogP contribution in [0, 0.1) is 23.7 Å². The molecule has 0 heterocycles. The summed E-state index contributed by atoms with van der Waals surface area (Å²) < 4.78 is 219. The molecule has 0 atom stereocenters. The van der Waals surface area contributed by atoms with E-state index in [-0.39, 0.29) is 18.8 Å². The van der Waals surface area contributed by atoms with Gasteiger partial charge in [-0.15, -0.1) is 0 Å². The maximum Gasteiger partial charge on any atom is 0.385 e. The van der Waals surface area contributed by atoms with Crippen LogP contribution in [0.2, 0.25) is 0 Å². The van der Waals surface area contributed by atoms with Gasteiger partial charge in [0.05, 0.1) is 5.92 Å². The largest absolute Gasteiger partial charge is 0.459 e. The molecule has 0 amide bonds. The Hall–Kier alpha value is -1.65. The smallest absolute Gasteiger partial charge is 0.385 e. The molecule has 2 rings (SSSR count). The van der Waals surface area contributed by atoms with Crippen LogP contribution in [0.25, 0.3) is 0 Å². The molecule has 260 valence electrons. The zero-order valence-electron chi connectivity index (χ0n) is 23.2. The van der Waals surface area contributed by atoms with Crippen LogP contribution in [0.1, 0.15) is 77.6 Å². The molecule has 44 heavy (non-hydrogen) atoms. The second kappa shape index (κ2) is 13.2. The van der Waals surface area contributed by atoms with E-state index >= 15 is 0 Å². The monoisotopic (exact) mass is 680 g/mol. The first-order chi connectivity index (χ1) is 19.8. The lowest BCUT2D eigenvalue weighted by molar-refractivity contribution is -0.447. The topological polar surface area (TPSA) is 26.3 Å². The van der Waals surface area contributed by atoms with E-state index in [1.54, 1.807) is 0 Å². The summed E-state index contributed by atoms with van der Waals surface area (Å²) >= 11 is 0. The fourth-order valence-electron chi connectivity index (χ4n) is 5.81. The van der Waals surface area contributed by atoms with Crippen molar-refractivity contribution in [3.63, 3.8) is 0 Å². The fourth-order valence-corrected chi connectivity index (χ4v) is 5.81. The zero-order chi connectivity index (χ0) is 34.2. The second-order valence-electron chi connectivity index (χ2n) is 11.6. The SMILES string of the molecule is CCCC[C@H]1CC[C@H]([C@H]2CC[C@H](C(=O)OCC(F)(F)C(F)(F)C(F)(F)C(F)(F)C(F)(F)C(F)(F)C(F)(F)C(F)F)CC2)CC1. The minimum Gasteiger partial charge on any atom is -0.459 e. The molecular formula is C26H32F16O2. The van der Waals surface area contributed by atoms with Crippen LogP contribution in [0.5, 0.6) is 0 Å². The van der Waals surface area contributed by atoms with Gasteiger partial charge in [-0.3, -0.25) is 4.79 Å². The summed E-state index contributed by atoms with van der Waals surface area (Å²) in [7, 11) is 0. The zero-order valence-corrected chi connectivity index (χ0v) is 23.2. The van der Waals surface area contributed by atoms with E-state index in [9.17, 15) is 75.0 Å². The van der Waals surface area contributed by atoms with Crippen molar-refractivity contribution < 1.29 is 79.8 Å². The van der Waals surface area contributed by atoms with E-state index in [1.165, 1.54) is 0 Å². The Bertz CT molecular complexity index is 952. The first-order valence-corrected chi connectivity index (χ1v) is 13.9. The molecule has 2 saturated carbocycles. The maximum atomic E-state index is 14.1. The minimum atomic E-state index is -8.47. The number of unbranched alkanes of at least 4 members (excludes halogenated alkanes) is 1. The number of alkyl halides is 16. The van der Waals surface area contributed by atoms with Gasteiger partial charge in [-0.25, -0.2) is 8.78 Å². The highest BCUT2D eigenvalue weighted by atomic mass is 19.4. The van der Waals surface area contributed by atoms with Gasteiger partial charge in [-0.2, -0.15) is 61.5 Å². The van der Waals surface area contributed by atoms with E-state index in [0.29, 0.717) is 24.7 Å². The van der Waals surface area contributed by atoms with Crippen molar-refractivity contribution in [1.29, 1.82) is 0 Å². The van der Waals surface area contributed by atoms with Gasteiger partial charge in [0.15, 0.2) is 6.61 Å². The summed E-state index contributed by atoms with van der Waals surface area (Å²) in [6.45, 7) is -1.03. The molecular weight excluding hydrogens is 648 g/mol. The van der Waals surface area contributed by atoms with E-state index < -0.39 is 66.4 Å². The molecule has 0 aliphatic heterocycles. The third kappa shape index (κ3) is 6.73. The standard InChI is InChI=1S/C26H32F16O2/c1-2-3-4-14-5-7-15(8-6-14)16-9-11-17(12-10-16)18(43)44-13-20(29,30)22(33,34)24(37,38)26(41,42)25(39,40)23(35,36)21(31,32)19(27)28/h14-17,19H,2-13H2,1H3/t14-,15-,16-,17-. The number of halogens is 16. The lowest BCUT2D eigenvalue weighted by Gasteiger charge is -2.42. The molecule has 0 aromatic carbocycles. The highest BCUT2D eigenvalue weighted by Crippen LogP contribution is 2.62. The van der Waals surface area contributed by atoms with Gasteiger partial charge in [-0.05, 0) is 56.3 Å². The quantitative estimate of drug-likeness (QED) is 0.135. The summed E-state index contributed by atoms with van der Waals surface area (Å²) in [5.41, 5.74) is 0. The fraction of sp³-hybridized carbons (Fsp3) is 0.962. The van der Waals surface area contributed by atoms with Crippen molar-refractivity contribution in [2.24, 2.45) is 23.7 Å². The molecule has 18 heteroatoms. The molecule has 0 aromatic heterocycles. The van der Waals surface area contributed by atoms with Gasteiger partial charge in [0, 0.05) is 0 Å². The highest BCUT2D eigenvalue weighted by Gasteiger charge is 2.93. The van der Waals surface area contributed by atoms with Gasteiger partial charge in [-0.1, -0.05) is 39.0 Å². The van der Waals surface area contributed by atoms with Crippen LogP contribution in [-0.4, -0.2) is 60.5 Å². The van der Waals surface area contributed by atoms with E-state index in [2.05, 4.69) is 11.7 Å². The molecule has 0 radical (unpaired) electrons. The van der Waals surface area contributed by atoms with Gasteiger partial charge in [0.1, 0.15) is 0 Å². The van der Waals surface area contributed by atoms with Crippen LogP contribution in [0.15, 0.2) is 0 Å². The number of esters is 1. The van der Waals surface area contributed by atoms with Gasteiger partial charge < -0.3 is 4.74 Å². The Balaban J connectivity index is 2.07. The van der Waals surface area contributed by atoms with E-state index in [0.717, 1.165) is 44.9 Å². The maximum absolute atomic E-state index is 14.1. The van der Waals surface area contributed by atoms with Crippen LogP contribution in [0.3, 0.4) is 0 Å².